The van der Waals surface area contributed by atoms with Gasteiger partial charge in [0.15, 0.2) is 0 Å². The van der Waals surface area contributed by atoms with Crippen molar-refractivity contribution in [3.63, 3.8) is 0 Å². The van der Waals surface area contributed by atoms with E-state index in [2.05, 4.69) is 27.0 Å². The number of aromatic nitrogens is 1. The summed E-state index contributed by atoms with van der Waals surface area (Å²) < 4.78 is 6.74. The molecule has 0 amide bonds. The van der Waals surface area contributed by atoms with Gasteiger partial charge in [-0.2, -0.15) is 0 Å². The lowest BCUT2D eigenvalue weighted by Crippen LogP contribution is -2.04. The van der Waals surface area contributed by atoms with Gasteiger partial charge in [-0.15, -0.1) is 0 Å². The predicted molar refractivity (Wildman–Crippen MR) is 81.0 cm³/mol. The van der Waals surface area contributed by atoms with Crippen LogP contribution >= 0.6 is 15.9 Å². The van der Waals surface area contributed by atoms with E-state index in [0.717, 1.165) is 40.1 Å². The number of aryl methyl sites for hydroxylation is 1. The highest BCUT2D eigenvalue weighted by atomic mass is 79.9. The van der Waals surface area contributed by atoms with Crippen molar-refractivity contribution >= 4 is 15.9 Å². The Morgan fingerprint density at radius 2 is 2.25 bits per heavy atom. The Bertz CT molecular complexity index is 642. The summed E-state index contributed by atoms with van der Waals surface area (Å²) in [6.07, 6.45) is 2.67. The van der Waals surface area contributed by atoms with Gasteiger partial charge in [-0.1, -0.05) is 15.9 Å². The third kappa shape index (κ3) is 2.72. The first-order valence-corrected chi connectivity index (χ1v) is 7.47. The van der Waals surface area contributed by atoms with Crippen LogP contribution in [0.15, 0.2) is 34.9 Å². The lowest BCUT2D eigenvalue weighted by atomic mass is 9.99. The maximum atomic E-state index is 10.4. The van der Waals surface area contributed by atoms with E-state index in [9.17, 15) is 5.11 Å². The zero-order valence-electron chi connectivity index (χ0n) is 11.3. The summed E-state index contributed by atoms with van der Waals surface area (Å²) in [5.74, 6) is 0.943. The van der Waals surface area contributed by atoms with Gasteiger partial charge in [-0.3, -0.25) is 4.98 Å². The smallest absolute Gasteiger partial charge is 0.125 e. The first-order valence-electron chi connectivity index (χ1n) is 6.68. The molecule has 1 aromatic carbocycles. The average Bonchev–Trinajstić information content (AvgIpc) is 2.86. The number of hydrogen-bond acceptors (Lipinski definition) is 3. The number of halogens is 1. The summed E-state index contributed by atoms with van der Waals surface area (Å²) in [6, 6.07) is 7.90. The van der Waals surface area contributed by atoms with E-state index in [0.29, 0.717) is 6.42 Å². The highest BCUT2D eigenvalue weighted by Gasteiger charge is 2.20. The number of aliphatic hydroxyl groups is 1. The van der Waals surface area contributed by atoms with Gasteiger partial charge in [0.1, 0.15) is 5.75 Å². The molecule has 1 N–H and O–H groups in total. The van der Waals surface area contributed by atoms with Crippen molar-refractivity contribution in [2.75, 3.05) is 6.61 Å². The van der Waals surface area contributed by atoms with Crippen LogP contribution in [0.4, 0.5) is 0 Å². The number of fused-ring (bicyclic) bond motifs is 1. The fraction of sp³-hybridized carbons (Fsp3) is 0.312. The first kappa shape index (κ1) is 13.6. The summed E-state index contributed by atoms with van der Waals surface area (Å²) in [5.41, 5.74) is 4.07. The maximum Gasteiger partial charge on any atom is 0.125 e. The average molecular weight is 334 g/mol. The second-order valence-corrected chi connectivity index (χ2v) is 6.02. The van der Waals surface area contributed by atoms with E-state index >= 15 is 0 Å². The number of hydrogen-bond donors (Lipinski definition) is 1. The van der Waals surface area contributed by atoms with E-state index in [1.54, 1.807) is 6.20 Å². The molecule has 0 saturated heterocycles. The van der Waals surface area contributed by atoms with Crippen LogP contribution < -0.4 is 4.74 Å². The van der Waals surface area contributed by atoms with Gasteiger partial charge in [0.25, 0.3) is 0 Å². The lowest BCUT2D eigenvalue weighted by Gasteiger charge is -2.14. The van der Waals surface area contributed by atoms with E-state index in [4.69, 9.17) is 4.74 Å². The number of pyridine rings is 1. The highest BCUT2D eigenvalue weighted by molar-refractivity contribution is 9.10. The molecule has 1 atom stereocenters. The normalized spacial score (nSPS) is 14.8. The first-order chi connectivity index (χ1) is 9.63. The molecule has 4 heteroatoms. The molecular formula is C16H16BrNO2. The monoisotopic (exact) mass is 333 g/mol. The number of benzene rings is 1. The molecule has 1 aliphatic heterocycles. The highest BCUT2D eigenvalue weighted by Crippen LogP contribution is 2.35. The van der Waals surface area contributed by atoms with Crippen LogP contribution in [-0.4, -0.2) is 16.7 Å². The predicted octanol–water partition coefficient (Wildman–Crippen LogP) is 3.36. The van der Waals surface area contributed by atoms with Crippen molar-refractivity contribution in [1.82, 2.24) is 4.98 Å². The van der Waals surface area contributed by atoms with Crippen molar-refractivity contribution in [3.8, 4) is 5.75 Å². The van der Waals surface area contributed by atoms with Gasteiger partial charge < -0.3 is 9.84 Å². The molecule has 0 fully saturated rings. The second-order valence-electron chi connectivity index (χ2n) is 5.10. The molecule has 0 spiro atoms. The molecule has 0 aliphatic carbocycles. The van der Waals surface area contributed by atoms with Crippen LogP contribution in [-0.2, 0) is 12.8 Å². The Morgan fingerprint density at radius 1 is 1.40 bits per heavy atom. The Hall–Kier alpha value is -1.39. The van der Waals surface area contributed by atoms with Crippen LogP contribution in [0.5, 0.6) is 5.75 Å². The zero-order valence-corrected chi connectivity index (χ0v) is 12.9. The molecule has 0 saturated carbocycles. The largest absolute Gasteiger partial charge is 0.493 e. The fourth-order valence-corrected chi connectivity index (χ4v) is 3.15. The third-order valence-corrected chi connectivity index (χ3v) is 4.00. The van der Waals surface area contributed by atoms with Gasteiger partial charge >= 0.3 is 0 Å². The van der Waals surface area contributed by atoms with Crippen molar-refractivity contribution in [3.05, 3.63) is 57.3 Å². The van der Waals surface area contributed by atoms with Crippen LogP contribution in [0, 0.1) is 6.92 Å². The lowest BCUT2D eigenvalue weighted by molar-refractivity contribution is 0.177. The molecule has 3 rings (SSSR count). The van der Waals surface area contributed by atoms with E-state index in [1.165, 1.54) is 5.56 Å². The molecule has 1 aromatic heterocycles. The second kappa shape index (κ2) is 5.54. The molecule has 3 nitrogen and oxygen atoms in total. The zero-order chi connectivity index (χ0) is 14.1. The molecule has 0 bridgehead atoms. The van der Waals surface area contributed by atoms with Crippen LogP contribution in [0.25, 0.3) is 0 Å². The van der Waals surface area contributed by atoms with Gasteiger partial charge in [0, 0.05) is 29.2 Å². The van der Waals surface area contributed by atoms with Crippen molar-refractivity contribution < 1.29 is 9.84 Å². The number of rotatable bonds is 3. The summed E-state index contributed by atoms with van der Waals surface area (Å²) in [4.78, 5) is 4.16. The van der Waals surface area contributed by atoms with Gasteiger partial charge in [-0.05, 0) is 47.9 Å². The number of aliphatic hydroxyl groups excluding tert-OH is 1. The molecule has 20 heavy (non-hydrogen) atoms. The van der Waals surface area contributed by atoms with E-state index in [1.807, 2.05) is 25.1 Å². The molecular weight excluding hydrogens is 318 g/mol. The van der Waals surface area contributed by atoms with Gasteiger partial charge in [0.05, 0.1) is 12.7 Å². The Balaban J connectivity index is 1.88. The van der Waals surface area contributed by atoms with Crippen molar-refractivity contribution in [2.45, 2.75) is 25.9 Å². The minimum absolute atomic E-state index is 0.542. The van der Waals surface area contributed by atoms with Crippen molar-refractivity contribution in [2.24, 2.45) is 0 Å². The van der Waals surface area contributed by atoms with Crippen LogP contribution in [0.2, 0.25) is 0 Å². The Labute approximate surface area is 126 Å². The molecule has 0 radical (unpaired) electrons. The number of nitrogens with zero attached hydrogens (tertiary/aromatic N) is 1. The fourth-order valence-electron chi connectivity index (χ4n) is 2.60. The van der Waals surface area contributed by atoms with Gasteiger partial charge in [0.2, 0.25) is 0 Å². The van der Waals surface area contributed by atoms with Crippen molar-refractivity contribution in [1.29, 1.82) is 0 Å². The topological polar surface area (TPSA) is 42.4 Å². The van der Waals surface area contributed by atoms with E-state index in [-0.39, 0.29) is 0 Å². The summed E-state index contributed by atoms with van der Waals surface area (Å²) >= 11 is 3.53. The van der Waals surface area contributed by atoms with Crippen LogP contribution in [0.3, 0.4) is 0 Å². The SMILES string of the molecule is Cc1cc(C(O)Cc2cc(Br)cc3c2OCC3)ccn1. The Morgan fingerprint density at radius 3 is 3.05 bits per heavy atom. The van der Waals surface area contributed by atoms with Gasteiger partial charge in [-0.25, -0.2) is 0 Å². The molecule has 2 heterocycles. The quantitative estimate of drug-likeness (QED) is 0.936. The molecule has 1 unspecified atom stereocenters. The molecule has 2 aromatic rings. The summed E-state index contributed by atoms with van der Waals surface area (Å²) in [5, 5.41) is 10.4. The maximum absolute atomic E-state index is 10.4. The summed E-state index contributed by atoms with van der Waals surface area (Å²) in [6.45, 7) is 2.65. The van der Waals surface area contributed by atoms with E-state index < -0.39 is 6.10 Å². The number of ether oxygens (including phenoxy) is 1. The summed E-state index contributed by atoms with van der Waals surface area (Å²) in [7, 11) is 0. The minimum Gasteiger partial charge on any atom is -0.493 e. The minimum atomic E-state index is -0.542. The Kier molecular flexibility index (Phi) is 3.76. The molecule has 104 valence electrons. The molecule has 1 aliphatic rings. The third-order valence-electron chi connectivity index (χ3n) is 3.54. The van der Waals surface area contributed by atoms with Crippen LogP contribution in [0.1, 0.15) is 28.5 Å². The standard InChI is InChI=1S/C16H16BrNO2/c1-10-6-11(2-4-18-10)15(19)9-13-8-14(17)7-12-3-5-20-16(12)13/h2,4,6-8,15,19H,3,5,9H2,1H3.